The highest BCUT2D eigenvalue weighted by Gasteiger charge is 1.95. The van der Waals surface area contributed by atoms with E-state index in [-0.39, 0.29) is 0 Å². The highest BCUT2D eigenvalue weighted by atomic mass is 32.1. The Morgan fingerprint density at radius 3 is 3.18 bits per heavy atom. The molecule has 1 aromatic carbocycles. The molecule has 0 aliphatic heterocycles. The summed E-state index contributed by atoms with van der Waals surface area (Å²) in [5.74, 6) is 0.911. The zero-order valence-corrected chi connectivity index (χ0v) is 6.94. The summed E-state index contributed by atoms with van der Waals surface area (Å²) in [7, 11) is 1.68. The van der Waals surface area contributed by atoms with Crippen LogP contribution in [0, 0.1) is 6.07 Å². The van der Waals surface area contributed by atoms with Crippen molar-refractivity contribution in [2.24, 2.45) is 0 Å². The maximum absolute atomic E-state index is 5.08. The molecule has 2 aromatic rings. The van der Waals surface area contributed by atoms with Gasteiger partial charge in [-0.3, -0.25) is 0 Å². The van der Waals surface area contributed by atoms with Gasteiger partial charge in [-0.05, 0) is 23.6 Å². The maximum Gasteiger partial charge on any atom is 0.120 e. The molecule has 0 atom stereocenters. The zero-order chi connectivity index (χ0) is 7.68. The molecule has 0 saturated heterocycles. The van der Waals surface area contributed by atoms with Gasteiger partial charge >= 0.3 is 0 Å². The Labute approximate surface area is 69.2 Å². The van der Waals surface area contributed by atoms with Crippen LogP contribution < -0.4 is 4.74 Å². The van der Waals surface area contributed by atoms with E-state index in [1.165, 1.54) is 4.70 Å². The molecule has 0 unspecified atom stereocenters. The van der Waals surface area contributed by atoms with E-state index < -0.39 is 0 Å². The van der Waals surface area contributed by atoms with Gasteiger partial charge in [0.15, 0.2) is 0 Å². The molecule has 1 heterocycles. The minimum atomic E-state index is 0.911. The van der Waals surface area contributed by atoms with Crippen molar-refractivity contribution in [3.05, 3.63) is 29.6 Å². The molecule has 0 amide bonds. The maximum atomic E-state index is 5.08. The monoisotopic (exact) mass is 163 g/mol. The fourth-order valence-electron chi connectivity index (χ4n) is 1.00. The van der Waals surface area contributed by atoms with Gasteiger partial charge in [-0.1, -0.05) is 0 Å². The Bertz CT molecular complexity index is 364. The first-order valence-electron chi connectivity index (χ1n) is 3.33. The molecule has 2 heteroatoms. The van der Waals surface area contributed by atoms with Crippen molar-refractivity contribution in [3.63, 3.8) is 0 Å². The minimum Gasteiger partial charge on any atom is -0.497 e. The Balaban J connectivity index is 2.67. The summed E-state index contributed by atoms with van der Waals surface area (Å²) in [6, 6.07) is 9.13. The third-order valence-electron chi connectivity index (χ3n) is 1.59. The molecule has 0 aliphatic carbocycles. The summed E-state index contributed by atoms with van der Waals surface area (Å²) in [4.78, 5) is 0. The third-order valence-corrected chi connectivity index (χ3v) is 2.42. The second-order valence-corrected chi connectivity index (χ2v) is 3.15. The number of methoxy groups -OCH3 is 1. The summed E-state index contributed by atoms with van der Waals surface area (Å²) in [6.45, 7) is 0. The summed E-state index contributed by atoms with van der Waals surface area (Å²) in [5.41, 5.74) is 0. The summed E-state index contributed by atoms with van der Waals surface area (Å²) < 4.78 is 6.31. The predicted molar refractivity (Wildman–Crippen MR) is 47.2 cm³/mol. The van der Waals surface area contributed by atoms with E-state index in [9.17, 15) is 0 Å². The summed E-state index contributed by atoms with van der Waals surface area (Å²) in [6.07, 6.45) is 0. The van der Waals surface area contributed by atoms with Crippen LogP contribution in [-0.4, -0.2) is 7.11 Å². The lowest BCUT2D eigenvalue weighted by Crippen LogP contribution is -1.79. The molecule has 0 bridgehead atoms. The zero-order valence-electron chi connectivity index (χ0n) is 6.13. The van der Waals surface area contributed by atoms with E-state index >= 15 is 0 Å². The van der Waals surface area contributed by atoms with Crippen molar-refractivity contribution >= 4 is 21.4 Å². The topological polar surface area (TPSA) is 9.23 Å². The van der Waals surface area contributed by atoms with Gasteiger partial charge < -0.3 is 4.74 Å². The molecule has 55 valence electrons. The summed E-state index contributed by atoms with van der Waals surface area (Å²) in [5, 5.41) is 3.13. The van der Waals surface area contributed by atoms with Crippen molar-refractivity contribution in [2.75, 3.05) is 7.11 Å². The van der Waals surface area contributed by atoms with Crippen molar-refractivity contribution in [2.45, 2.75) is 0 Å². The van der Waals surface area contributed by atoms with E-state index in [4.69, 9.17) is 4.74 Å². The predicted octanol–water partition coefficient (Wildman–Crippen LogP) is 2.71. The Kier molecular flexibility index (Phi) is 1.55. The van der Waals surface area contributed by atoms with E-state index in [2.05, 4.69) is 6.07 Å². The van der Waals surface area contributed by atoms with Gasteiger partial charge in [0.1, 0.15) is 5.75 Å². The average molecular weight is 163 g/mol. The number of ether oxygens (including phenoxy) is 1. The van der Waals surface area contributed by atoms with Gasteiger partial charge in [-0.15, -0.1) is 11.3 Å². The van der Waals surface area contributed by atoms with Crippen LogP contribution in [-0.2, 0) is 0 Å². The van der Waals surface area contributed by atoms with Crippen molar-refractivity contribution in [1.82, 2.24) is 0 Å². The van der Waals surface area contributed by atoms with Crippen LogP contribution >= 0.6 is 11.3 Å². The first-order valence-corrected chi connectivity index (χ1v) is 4.21. The minimum absolute atomic E-state index is 0.911. The fourth-order valence-corrected chi connectivity index (χ4v) is 1.75. The van der Waals surface area contributed by atoms with Gasteiger partial charge in [-0.25, -0.2) is 0 Å². The van der Waals surface area contributed by atoms with Crippen molar-refractivity contribution in [3.8, 4) is 5.75 Å². The fraction of sp³-hybridized carbons (Fsp3) is 0.111. The normalized spacial score (nSPS) is 10.3. The van der Waals surface area contributed by atoms with E-state index in [1.54, 1.807) is 18.4 Å². The highest BCUT2D eigenvalue weighted by Crippen LogP contribution is 2.24. The van der Waals surface area contributed by atoms with Gasteiger partial charge in [-0.2, -0.15) is 0 Å². The molecule has 0 saturated carbocycles. The Morgan fingerprint density at radius 2 is 2.36 bits per heavy atom. The number of benzene rings is 1. The molecule has 2 rings (SSSR count). The van der Waals surface area contributed by atoms with Gasteiger partial charge in [0.05, 0.1) is 7.11 Å². The first kappa shape index (κ1) is 6.68. The van der Waals surface area contributed by atoms with Crippen LogP contribution in [0.25, 0.3) is 10.1 Å². The SMILES string of the molecule is COc1ccc2[c]csc2c1. The van der Waals surface area contributed by atoms with E-state index in [0.717, 1.165) is 11.1 Å². The molecular formula is C9H7OS. The molecule has 0 spiro atoms. The standard InChI is InChI=1S/C9H7OS/c1-10-8-3-2-7-4-5-11-9(7)6-8/h2-3,5-6H,1H3. The third kappa shape index (κ3) is 1.10. The van der Waals surface area contributed by atoms with Crippen LogP contribution in [0.2, 0.25) is 0 Å². The Hall–Kier alpha value is -1.02. The number of hydrogen-bond acceptors (Lipinski definition) is 2. The van der Waals surface area contributed by atoms with Gasteiger partial charge in [0.25, 0.3) is 0 Å². The van der Waals surface area contributed by atoms with Gasteiger partial charge in [0.2, 0.25) is 0 Å². The van der Waals surface area contributed by atoms with Crippen LogP contribution in [0.4, 0.5) is 0 Å². The largest absolute Gasteiger partial charge is 0.497 e. The quantitative estimate of drug-likeness (QED) is 0.628. The summed E-state index contributed by atoms with van der Waals surface area (Å²) >= 11 is 1.68. The second kappa shape index (κ2) is 2.55. The molecule has 0 N–H and O–H groups in total. The van der Waals surface area contributed by atoms with Crippen molar-refractivity contribution in [1.29, 1.82) is 0 Å². The van der Waals surface area contributed by atoms with Gasteiger partial charge in [0, 0.05) is 16.2 Å². The van der Waals surface area contributed by atoms with Crippen LogP contribution in [0.3, 0.4) is 0 Å². The lowest BCUT2D eigenvalue weighted by atomic mass is 10.2. The smallest absolute Gasteiger partial charge is 0.120 e. The molecule has 1 aromatic heterocycles. The number of rotatable bonds is 1. The van der Waals surface area contributed by atoms with E-state index in [0.29, 0.717) is 0 Å². The number of fused-ring (bicyclic) bond motifs is 1. The highest BCUT2D eigenvalue weighted by molar-refractivity contribution is 7.17. The lowest BCUT2D eigenvalue weighted by molar-refractivity contribution is 0.415. The molecule has 11 heavy (non-hydrogen) atoms. The molecular weight excluding hydrogens is 156 g/mol. The lowest BCUT2D eigenvalue weighted by Gasteiger charge is -1.97. The first-order chi connectivity index (χ1) is 5.40. The Morgan fingerprint density at radius 1 is 1.45 bits per heavy atom. The average Bonchev–Trinajstić information content (AvgIpc) is 2.50. The molecule has 1 nitrogen and oxygen atoms in total. The van der Waals surface area contributed by atoms with Crippen LogP contribution in [0.1, 0.15) is 0 Å². The molecule has 1 radical (unpaired) electrons. The molecule has 0 fully saturated rings. The second-order valence-electron chi connectivity index (χ2n) is 2.24. The van der Waals surface area contributed by atoms with Crippen LogP contribution in [0.5, 0.6) is 5.75 Å². The number of thiophene rings is 1. The van der Waals surface area contributed by atoms with Crippen molar-refractivity contribution < 1.29 is 4.74 Å². The van der Waals surface area contributed by atoms with Crippen LogP contribution in [0.15, 0.2) is 23.6 Å². The number of hydrogen-bond donors (Lipinski definition) is 0. The molecule has 0 aliphatic rings. The van der Waals surface area contributed by atoms with E-state index in [1.807, 2.05) is 23.6 Å².